The molecule has 0 amide bonds. The van der Waals surface area contributed by atoms with E-state index in [2.05, 4.69) is 55.3 Å². The van der Waals surface area contributed by atoms with Gasteiger partial charge in [-0.1, -0.05) is 12.1 Å². The van der Waals surface area contributed by atoms with Gasteiger partial charge in [0.15, 0.2) is 0 Å². The number of nitrogens with two attached hydrogens (primary N) is 1. The Morgan fingerprint density at radius 1 is 1.09 bits per heavy atom. The number of fused-ring (bicyclic) bond motifs is 2. The second kappa shape index (κ2) is 7.78. The minimum Gasteiger partial charge on any atom is -0.489 e. The molecule has 1 aliphatic carbocycles. The normalized spacial score (nSPS) is 13.5. The molecule has 1 saturated carbocycles. The summed E-state index contributed by atoms with van der Waals surface area (Å²) >= 11 is 0. The maximum Gasteiger partial charge on any atom is 0.150 e. The van der Waals surface area contributed by atoms with Crippen LogP contribution < -0.4 is 15.8 Å². The first kappa shape index (κ1) is 19.5. The standard InChI is InChI=1S/C26H24N6O/c1-28-23-10-8-18-7-9-20(12-22(18)31-23)33-14-16-3-2-4-19(11-16)32-13-21(17-5-6-17)24-25(27)29-15-30-26(24)32/h2-4,7-13,15,17H,5-6,14H2,1H3,(H,28,31)(H2,27,29,30). The number of hydrogen-bond donors (Lipinski definition) is 2. The summed E-state index contributed by atoms with van der Waals surface area (Å²) in [6.45, 7) is 0.455. The summed E-state index contributed by atoms with van der Waals surface area (Å²) in [5.74, 6) is 2.72. The monoisotopic (exact) mass is 436 g/mol. The van der Waals surface area contributed by atoms with Gasteiger partial charge in [-0.15, -0.1) is 0 Å². The Hall–Kier alpha value is -4.13. The zero-order valence-corrected chi connectivity index (χ0v) is 18.3. The fourth-order valence-electron chi connectivity index (χ4n) is 4.30. The molecule has 3 aromatic heterocycles. The van der Waals surface area contributed by atoms with Gasteiger partial charge < -0.3 is 20.4 Å². The molecule has 7 heteroatoms. The second-order valence-electron chi connectivity index (χ2n) is 8.45. The first-order chi connectivity index (χ1) is 16.2. The van der Waals surface area contributed by atoms with Crippen molar-refractivity contribution in [2.45, 2.75) is 25.4 Å². The molecule has 7 nitrogen and oxygen atoms in total. The molecule has 0 radical (unpaired) electrons. The maximum atomic E-state index is 6.22. The molecule has 0 atom stereocenters. The molecule has 2 aromatic carbocycles. The van der Waals surface area contributed by atoms with Crippen molar-refractivity contribution in [1.29, 1.82) is 0 Å². The summed E-state index contributed by atoms with van der Waals surface area (Å²) in [7, 11) is 1.86. The number of rotatable bonds is 6. The molecule has 0 bridgehead atoms. The molecule has 6 rings (SSSR count). The van der Waals surface area contributed by atoms with Crippen molar-refractivity contribution in [2.75, 3.05) is 18.1 Å². The SMILES string of the molecule is CNc1ccc2ccc(OCc3cccc(-n4cc(C5CC5)c5c(N)ncnc54)c3)cc2n1. The molecule has 164 valence electrons. The van der Waals surface area contributed by atoms with E-state index >= 15 is 0 Å². The Kier molecular flexibility index (Phi) is 4.61. The molecule has 33 heavy (non-hydrogen) atoms. The van der Waals surface area contributed by atoms with Crippen LogP contribution in [0.1, 0.15) is 29.9 Å². The minimum absolute atomic E-state index is 0.455. The van der Waals surface area contributed by atoms with Gasteiger partial charge in [-0.3, -0.25) is 0 Å². The Balaban J connectivity index is 1.29. The number of benzene rings is 2. The lowest BCUT2D eigenvalue weighted by atomic mass is 10.1. The van der Waals surface area contributed by atoms with Gasteiger partial charge in [-0.05, 0) is 66.3 Å². The highest BCUT2D eigenvalue weighted by molar-refractivity contribution is 5.91. The predicted molar refractivity (Wildman–Crippen MR) is 131 cm³/mol. The van der Waals surface area contributed by atoms with Gasteiger partial charge in [-0.2, -0.15) is 0 Å². The predicted octanol–water partition coefficient (Wildman–Crippen LogP) is 5.05. The van der Waals surface area contributed by atoms with Crippen molar-refractivity contribution in [1.82, 2.24) is 19.5 Å². The van der Waals surface area contributed by atoms with E-state index in [-0.39, 0.29) is 0 Å². The summed E-state index contributed by atoms with van der Waals surface area (Å²) in [4.78, 5) is 13.4. The largest absolute Gasteiger partial charge is 0.489 e. The van der Waals surface area contributed by atoms with Gasteiger partial charge >= 0.3 is 0 Å². The van der Waals surface area contributed by atoms with Crippen LogP contribution in [0.4, 0.5) is 11.6 Å². The van der Waals surface area contributed by atoms with Gasteiger partial charge in [0.25, 0.3) is 0 Å². The van der Waals surface area contributed by atoms with E-state index in [1.165, 1.54) is 24.7 Å². The maximum absolute atomic E-state index is 6.22. The van der Waals surface area contributed by atoms with Crippen LogP contribution in [0.2, 0.25) is 0 Å². The summed E-state index contributed by atoms with van der Waals surface area (Å²) in [5.41, 5.74) is 11.3. The molecule has 0 saturated heterocycles. The number of pyridine rings is 1. The highest BCUT2D eigenvalue weighted by Crippen LogP contribution is 2.45. The van der Waals surface area contributed by atoms with Gasteiger partial charge in [0.05, 0.1) is 10.9 Å². The summed E-state index contributed by atoms with van der Waals surface area (Å²) < 4.78 is 8.22. The third-order valence-electron chi connectivity index (χ3n) is 6.17. The zero-order valence-electron chi connectivity index (χ0n) is 18.3. The van der Waals surface area contributed by atoms with Crippen LogP contribution in [0.15, 0.2) is 67.1 Å². The van der Waals surface area contributed by atoms with E-state index in [0.29, 0.717) is 18.3 Å². The number of ether oxygens (including phenoxy) is 1. The van der Waals surface area contributed by atoms with Gasteiger partial charge in [0, 0.05) is 30.4 Å². The van der Waals surface area contributed by atoms with Crippen LogP contribution in [0, 0.1) is 0 Å². The van der Waals surface area contributed by atoms with Crippen LogP contribution in [0.5, 0.6) is 5.75 Å². The smallest absolute Gasteiger partial charge is 0.150 e. The molecule has 3 heterocycles. The Labute approximate surface area is 191 Å². The quantitative estimate of drug-likeness (QED) is 0.387. The van der Waals surface area contributed by atoms with E-state index in [1.54, 1.807) is 0 Å². The number of nitrogens with one attached hydrogen (secondary N) is 1. The minimum atomic E-state index is 0.455. The van der Waals surface area contributed by atoms with E-state index < -0.39 is 0 Å². The second-order valence-corrected chi connectivity index (χ2v) is 8.45. The van der Waals surface area contributed by atoms with Gasteiger partial charge in [0.2, 0.25) is 0 Å². The van der Waals surface area contributed by atoms with Crippen molar-refractivity contribution in [2.24, 2.45) is 0 Å². The highest BCUT2D eigenvalue weighted by Gasteiger charge is 2.29. The van der Waals surface area contributed by atoms with E-state index in [4.69, 9.17) is 10.5 Å². The van der Waals surface area contributed by atoms with Crippen LogP contribution in [-0.2, 0) is 6.61 Å². The Morgan fingerprint density at radius 3 is 2.82 bits per heavy atom. The summed E-state index contributed by atoms with van der Waals surface area (Å²) in [6, 6.07) is 18.3. The number of hydrogen-bond acceptors (Lipinski definition) is 6. The molecule has 1 aliphatic rings. The lowest BCUT2D eigenvalue weighted by Crippen LogP contribution is -2.00. The van der Waals surface area contributed by atoms with Crippen molar-refractivity contribution in [3.05, 3.63) is 78.2 Å². The average molecular weight is 437 g/mol. The Morgan fingerprint density at radius 2 is 1.97 bits per heavy atom. The van der Waals surface area contributed by atoms with Crippen LogP contribution >= 0.6 is 0 Å². The van der Waals surface area contributed by atoms with Crippen molar-refractivity contribution in [3.8, 4) is 11.4 Å². The van der Waals surface area contributed by atoms with Gasteiger partial charge in [-0.25, -0.2) is 15.0 Å². The molecule has 0 aliphatic heterocycles. The van der Waals surface area contributed by atoms with E-state index in [0.717, 1.165) is 44.8 Å². The van der Waals surface area contributed by atoms with Crippen LogP contribution in [0.25, 0.3) is 27.6 Å². The fourth-order valence-corrected chi connectivity index (χ4v) is 4.30. The molecular weight excluding hydrogens is 412 g/mol. The molecule has 3 N–H and O–H groups in total. The summed E-state index contributed by atoms with van der Waals surface area (Å²) in [5, 5.41) is 5.13. The molecule has 1 fully saturated rings. The lowest BCUT2D eigenvalue weighted by Gasteiger charge is -2.10. The van der Waals surface area contributed by atoms with Crippen LogP contribution in [0.3, 0.4) is 0 Å². The molecular formula is C26H24N6O. The third-order valence-corrected chi connectivity index (χ3v) is 6.17. The van der Waals surface area contributed by atoms with Crippen molar-refractivity contribution >= 4 is 33.6 Å². The number of aromatic nitrogens is 4. The fraction of sp³-hybridized carbons (Fsp3) is 0.192. The van der Waals surface area contributed by atoms with Gasteiger partial charge in [0.1, 0.15) is 36.0 Å². The van der Waals surface area contributed by atoms with Crippen LogP contribution in [-0.4, -0.2) is 26.6 Å². The first-order valence-electron chi connectivity index (χ1n) is 11.1. The van der Waals surface area contributed by atoms with Crippen molar-refractivity contribution < 1.29 is 4.74 Å². The first-order valence-corrected chi connectivity index (χ1v) is 11.1. The molecule has 0 unspecified atom stereocenters. The third kappa shape index (κ3) is 3.61. The summed E-state index contributed by atoms with van der Waals surface area (Å²) in [6.07, 6.45) is 6.09. The highest BCUT2D eigenvalue weighted by atomic mass is 16.5. The number of anilines is 2. The molecule has 0 spiro atoms. The average Bonchev–Trinajstić information content (AvgIpc) is 3.62. The molecule has 5 aromatic rings. The lowest BCUT2D eigenvalue weighted by molar-refractivity contribution is 0.306. The zero-order chi connectivity index (χ0) is 22.4. The topological polar surface area (TPSA) is 90.9 Å². The van der Waals surface area contributed by atoms with E-state index in [9.17, 15) is 0 Å². The number of nitrogen functional groups attached to an aromatic ring is 1. The number of nitrogens with zero attached hydrogens (tertiary/aromatic N) is 4. The van der Waals surface area contributed by atoms with E-state index in [1.807, 2.05) is 37.4 Å². The van der Waals surface area contributed by atoms with Crippen molar-refractivity contribution in [3.63, 3.8) is 0 Å². The Bertz CT molecular complexity index is 1490.